The van der Waals surface area contributed by atoms with Crippen LogP contribution in [0.5, 0.6) is 0 Å². The highest BCUT2D eigenvalue weighted by Crippen LogP contribution is 2.49. The van der Waals surface area contributed by atoms with Gasteiger partial charge in [-0.25, -0.2) is 0 Å². The van der Waals surface area contributed by atoms with Crippen molar-refractivity contribution >= 4 is 0 Å². The van der Waals surface area contributed by atoms with E-state index in [1.54, 1.807) is 12.5 Å². The molecule has 0 fully saturated rings. The topological polar surface area (TPSA) is 46.5 Å². The number of aliphatic hydroxyl groups excluding tert-OH is 1. The molecule has 1 aliphatic carbocycles. The van der Waals surface area contributed by atoms with Crippen LogP contribution in [0.4, 0.5) is 0 Å². The summed E-state index contributed by atoms with van der Waals surface area (Å²) in [6.07, 6.45) is 8.03. The van der Waals surface area contributed by atoms with Crippen LogP contribution in [0.2, 0.25) is 0 Å². The van der Waals surface area contributed by atoms with E-state index in [9.17, 15) is 5.11 Å². The van der Waals surface area contributed by atoms with Crippen molar-refractivity contribution in [2.45, 2.75) is 24.4 Å². The Kier molecular flexibility index (Phi) is 3.76. The summed E-state index contributed by atoms with van der Waals surface area (Å²) in [6, 6.07) is 20.5. The van der Waals surface area contributed by atoms with E-state index in [2.05, 4.69) is 24.3 Å². The smallest absolute Gasteiger partial charge is 0.105 e. The van der Waals surface area contributed by atoms with Crippen LogP contribution in [-0.2, 0) is 18.3 Å². The van der Waals surface area contributed by atoms with Gasteiger partial charge in [-0.3, -0.25) is 0 Å². The van der Waals surface area contributed by atoms with Crippen molar-refractivity contribution in [3.05, 3.63) is 119 Å². The molecule has 2 heterocycles. The van der Waals surface area contributed by atoms with Crippen molar-refractivity contribution in [2.75, 3.05) is 0 Å². The van der Waals surface area contributed by atoms with Crippen molar-refractivity contribution in [1.82, 2.24) is 0 Å². The molecule has 0 amide bonds. The minimum atomic E-state index is -0.612. The zero-order valence-corrected chi connectivity index (χ0v) is 14.8. The van der Waals surface area contributed by atoms with E-state index in [0.717, 1.165) is 35.1 Å². The van der Waals surface area contributed by atoms with Gasteiger partial charge < -0.3 is 13.9 Å². The van der Waals surface area contributed by atoms with Crippen LogP contribution < -0.4 is 0 Å². The quantitative estimate of drug-likeness (QED) is 0.557. The lowest BCUT2D eigenvalue weighted by Gasteiger charge is -2.43. The number of aliphatic hydroxyl groups is 1. The number of fused-ring (bicyclic) bond motifs is 2. The molecule has 3 heteroatoms. The van der Waals surface area contributed by atoms with Crippen molar-refractivity contribution in [3.63, 3.8) is 0 Å². The molecule has 0 bridgehead atoms. The molecule has 27 heavy (non-hydrogen) atoms. The number of rotatable bonds is 4. The molecule has 1 N–H and O–H groups in total. The van der Waals surface area contributed by atoms with E-state index in [1.165, 1.54) is 11.1 Å². The zero-order chi connectivity index (χ0) is 18.3. The van der Waals surface area contributed by atoms with Crippen LogP contribution in [0.25, 0.3) is 0 Å². The van der Waals surface area contributed by atoms with E-state index in [1.807, 2.05) is 48.9 Å². The second-order valence-corrected chi connectivity index (χ2v) is 7.28. The fourth-order valence-electron chi connectivity index (χ4n) is 4.58. The van der Waals surface area contributed by atoms with E-state index >= 15 is 0 Å². The van der Waals surface area contributed by atoms with Gasteiger partial charge >= 0.3 is 0 Å². The Labute approximate surface area is 157 Å². The molecule has 0 spiro atoms. The Hall–Kier alpha value is -3.04. The average Bonchev–Trinajstić information content (AvgIpc) is 3.40. The van der Waals surface area contributed by atoms with Crippen LogP contribution in [0.1, 0.15) is 39.5 Å². The first-order chi connectivity index (χ1) is 13.3. The minimum Gasteiger partial charge on any atom is -0.472 e. The van der Waals surface area contributed by atoms with Crippen molar-refractivity contribution in [1.29, 1.82) is 0 Å². The summed E-state index contributed by atoms with van der Waals surface area (Å²) < 4.78 is 10.7. The highest BCUT2D eigenvalue weighted by atomic mass is 16.3. The molecule has 0 saturated carbocycles. The average molecular weight is 356 g/mol. The summed E-state index contributed by atoms with van der Waals surface area (Å²) in [6.45, 7) is 0. The Morgan fingerprint density at radius 1 is 0.704 bits per heavy atom. The maximum absolute atomic E-state index is 11.1. The Morgan fingerprint density at radius 3 is 1.63 bits per heavy atom. The first-order valence-corrected chi connectivity index (χ1v) is 9.17. The molecule has 3 nitrogen and oxygen atoms in total. The lowest BCUT2D eigenvalue weighted by Crippen LogP contribution is -2.39. The lowest BCUT2D eigenvalue weighted by atomic mass is 9.61. The molecule has 2 aromatic carbocycles. The maximum Gasteiger partial charge on any atom is 0.105 e. The zero-order valence-electron chi connectivity index (χ0n) is 14.8. The van der Waals surface area contributed by atoms with Gasteiger partial charge in [0.2, 0.25) is 0 Å². The summed E-state index contributed by atoms with van der Waals surface area (Å²) >= 11 is 0. The fraction of sp³-hybridized carbons (Fsp3) is 0.167. The molecule has 5 rings (SSSR count). The molecule has 1 aliphatic rings. The van der Waals surface area contributed by atoms with Gasteiger partial charge in [0.05, 0.1) is 25.1 Å². The Bertz CT molecular complexity index is 959. The first kappa shape index (κ1) is 16.2. The molecule has 4 aromatic rings. The monoisotopic (exact) mass is 356 g/mol. The van der Waals surface area contributed by atoms with Crippen LogP contribution >= 0.6 is 0 Å². The van der Waals surface area contributed by atoms with E-state index in [-0.39, 0.29) is 5.41 Å². The van der Waals surface area contributed by atoms with Crippen molar-refractivity contribution in [2.24, 2.45) is 0 Å². The van der Waals surface area contributed by atoms with E-state index in [0.29, 0.717) is 0 Å². The maximum atomic E-state index is 11.1. The van der Waals surface area contributed by atoms with Gasteiger partial charge in [-0.1, -0.05) is 48.5 Å². The van der Waals surface area contributed by atoms with Gasteiger partial charge in [-0.15, -0.1) is 0 Å². The van der Waals surface area contributed by atoms with Crippen LogP contribution in [0.15, 0.2) is 94.6 Å². The standard InChI is InChI=1S/C24H20O3/c25-23-19-5-1-3-7-21(19)24(13-17-9-11-26-15-17,14-18-10-12-27-16-18)22-8-4-2-6-20(22)23/h1-12,15-16,23,25H,13-14H2. The van der Waals surface area contributed by atoms with Gasteiger partial charge in [0.1, 0.15) is 6.10 Å². The molecule has 0 saturated heterocycles. The normalized spacial score (nSPS) is 15.3. The minimum absolute atomic E-state index is 0.305. The highest BCUT2D eigenvalue weighted by molar-refractivity contribution is 5.57. The van der Waals surface area contributed by atoms with Gasteiger partial charge in [0.25, 0.3) is 0 Å². The fourth-order valence-corrected chi connectivity index (χ4v) is 4.58. The van der Waals surface area contributed by atoms with Gasteiger partial charge in [0.15, 0.2) is 0 Å². The third-order valence-corrected chi connectivity index (χ3v) is 5.71. The molecular formula is C24H20O3. The first-order valence-electron chi connectivity index (χ1n) is 9.17. The molecule has 0 atom stereocenters. The molecule has 0 unspecified atom stereocenters. The summed E-state index contributed by atoms with van der Waals surface area (Å²) in [5.41, 5.74) is 6.25. The number of benzene rings is 2. The lowest BCUT2D eigenvalue weighted by molar-refractivity contribution is 0.207. The second-order valence-electron chi connectivity index (χ2n) is 7.28. The molecule has 0 aliphatic heterocycles. The number of furan rings is 2. The van der Waals surface area contributed by atoms with E-state index in [4.69, 9.17) is 8.83 Å². The van der Waals surface area contributed by atoms with Crippen molar-refractivity contribution in [3.8, 4) is 0 Å². The summed E-state index contributed by atoms with van der Waals surface area (Å²) in [7, 11) is 0. The number of hydrogen-bond acceptors (Lipinski definition) is 3. The van der Waals surface area contributed by atoms with E-state index < -0.39 is 6.10 Å². The third kappa shape index (κ3) is 2.54. The Balaban J connectivity index is 1.79. The van der Waals surface area contributed by atoms with Crippen LogP contribution in [0.3, 0.4) is 0 Å². The summed E-state index contributed by atoms with van der Waals surface area (Å²) in [4.78, 5) is 0. The molecule has 134 valence electrons. The van der Waals surface area contributed by atoms with Crippen LogP contribution in [0, 0.1) is 0 Å². The molecule has 2 aromatic heterocycles. The third-order valence-electron chi connectivity index (χ3n) is 5.71. The largest absolute Gasteiger partial charge is 0.472 e. The van der Waals surface area contributed by atoms with Crippen LogP contribution in [-0.4, -0.2) is 5.11 Å². The molecule has 0 radical (unpaired) electrons. The summed E-state index contributed by atoms with van der Waals surface area (Å²) in [5.74, 6) is 0. The molecular weight excluding hydrogens is 336 g/mol. The predicted octanol–water partition coefficient (Wildman–Crippen LogP) is 5.04. The second kappa shape index (κ2) is 6.29. The number of hydrogen-bond donors (Lipinski definition) is 1. The summed E-state index contributed by atoms with van der Waals surface area (Å²) in [5, 5.41) is 11.1. The van der Waals surface area contributed by atoms with Crippen molar-refractivity contribution < 1.29 is 13.9 Å². The SMILES string of the molecule is OC1c2ccccc2C(Cc2ccoc2)(Cc2ccoc2)c2ccccc21. The van der Waals surface area contributed by atoms with Gasteiger partial charge in [-0.05, 0) is 58.4 Å². The highest BCUT2D eigenvalue weighted by Gasteiger charge is 2.43. The Morgan fingerprint density at radius 2 is 1.19 bits per heavy atom. The van der Waals surface area contributed by atoms with Gasteiger partial charge in [0, 0.05) is 5.41 Å². The van der Waals surface area contributed by atoms with Gasteiger partial charge in [-0.2, -0.15) is 0 Å². The predicted molar refractivity (Wildman–Crippen MR) is 103 cm³/mol.